The molecule has 2 aromatic rings. The van der Waals surface area contributed by atoms with Gasteiger partial charge in [0.15, 0.2) is 5.82 Å². The van der Waals surface area contributed by atoms with Crippen LogP contribution in [0, 0.1) is 6.92 Å². The zero-order valence-electron chi connectivity index (χ0n) is 14.4. The predicted octanol–water partition coefficient (Wildman–Crippen LogP) is 3.20. The van der Waals surface area contributed by atoms with Gasteiger partial charge in [-0.1, -0.05) is 25.0 Å². The van der Waals surface area contributed by atoms with E-state index < -0.39 is 0 Å². The minimum atomic E-state index is -0.268. The first-order valence-electron chi connectivity index (χ1n) is 8.67. The predicted molar refractivity (Wildman–Crippen MR) is 95.4 cm³/mol. The molecule has 0 spiro atoms. The van der Waals surface area contributed by atoms with Crippen LogP contribution >= 0.6 is 0 Å². The Bertz CT molecular complexity index is 690. The minimum Gasteiger partial charge on any atom is -0.493 e. The van der Waals surface area contributed by atoms with Gasteiger partial charge in [0.25, 0.3) is 0 Å². The first-order chi connectivity index (χ1) is 11.7. The van der Waals surface area contributed by atoms with Crippen LogP contribution in [0.4, 0.5) is 5.82 Å². The molecule has 0 amide bonds. The van der Waals surface area contributed by atoms with Crippen molar-refractivity contribution < 1.29 is 9.84 Å². The Kier molecular flexibility index (Phi) is 5.30. The van der Waals surface area contributed by atoms with E-state index in [1.54, 1.807) is 6.20 Å². The molecule has 1 saturated heterocycles. The molecule has 24 heavy (non-hydrogen) atoms. The summed E-state index contributed by atoms with van der Waals surface area (Å²) < 4.78 is 5.94. The van der Waals surface area contributed by atoms with Gasteiger partial charge in [0.05, 0.1) is 18.3 Å². The van der Waals surface area contributed by atoms with Gasteiger partial charge in [-0.15, -0.1) is 0 Å². The lowest BCUT2D eigenvalue weighted by molar-refractivity contribution is 0.198. The number of rotatable bonds is 6. The van der Waals surface area contributed by atoms with Gasteiger partial charge >= 0.3 is 0 Å². The quantitative estimate of drug-likeness (QED) is 0.826. The second-order valence-electron chi connectivity index (χ2n) is 6.33. The summed E-state index contributed by atoms with van der Waals surface area (Å²) in [4.78, 5) is 11.3. The van der Waals surface area contributed by atoms with Gasteiger partial charge in [-0.25, -0.2) is 9.97 Å². The third-order valence-electron chi connectivity index (χ3n) is 4.26. The van der Waals surface area contributed by atoms with E-state index in [0.29, 0.717) is 19.0 Å². The lowest BCUT2D eigenvalue weighted by atomic mass is 10.1. The summed E-state index contributed by atoms with van der Waals surface area (Å²) in [7, 11) is 0. The second kappa shape index (κ2) is 7.62. The molecule has 3 rings (SSSR count). The molecule has 2 heterocycles. The third kappa shape index (κ3) is 3.85. The van der Waals surface area contributed by atoms with Crippen LogP contribution in [-0.2, 0) is 0 Å². The van der Waals surface area contributed by atoms with Crippen LogP contribution in [0.25, 0.3) is 11.4 Å². The summed E-state index contributed by atoms with van der Waals surface area (Å²) >= 11 is 0. The minimum absolute atomic E-state index is 0.268. The second-order valence-corrected chi connectivity index (χ2v) is 6.33. The zero-order valence-corrected chi connectivity index (χ0v) is 14.4. The van der Waals surface area contributed by atoms with Gasteiger partial charge < -0.3 is 14.7 Å². The van der Waals surface area contributed by atoms with E-state index in [9.17, 15) is 5.11 Å². The van der Waals surface area contributed by atoms with Gasteiger partial charge in [-0.2, -0.15) is 0 Å². The molecule has 0 bridgehead atoms. The maximum atomic E-state index is 9.74. The SMILES string of the molecule is CCCCOc1ccc(C)cc1-c1nccc(N2CC[C@H](O)C2)n1. The fraction of sp³-hybridized carbons (Fsp3) is 0.474. The molecule has 1 aromatic carbocycles. The molecule has 1 aliphatic rings. The maximum absolute atomic E-state index is 9.74. The van der Waals surface area contributed by atoms with Crippen LogP contribution in [-0.4, -0.2) is 40.9 Å². The Hall–Kier alpha value is -2.14. The number of nitrogens with zero attached hydrogens (tertiary/aromatic N) is 3. The van der Waals surface area contributed by atoms with Crippen molar-refractivity contribution in [3.05, 3.63) is 36.0 Å². The molecule has 1 fully saturated rings. The molecule has 0 unspecified atom stereocenters. The zero-order chi connectivity index (χ0) is 16.9. The van der Waals surface area contributed by atoms with Crippen LogP contribution in [0.1, 0.15) is 31.7 Å². The molecule has 5 nitrogen and oxygen atoms in total. The number of β-amino-alcohol motifs (C(OH)–C–C–N with tert-alkyl or cyclic N) is 1. The average molecular weight is 327 g/mol. The number of ether oxygens (including phenoxy) is 1. The van der Waals surface area contributed by atoms with E-state index in [2.05, 4.69) is 29.8 Å². The molecular formula is C19H25N3O2. The highest BCUT2D eigenvalue weighted by Gasteiger charge is 2.22. The lowest BCUT2D eigenvalue weighted by Crippen LogP contribution is -2.22. The summed E-state index contributed by atoms with van der Waals surface area (Å²) in [5, 5.41) is 9.74. The van der Waals surface area contributed by atoms with Crippen LogP contribution in [0.15, 0.2) is 30.5 Å². The molecule has 1 atom stereocenters. The Morgan fingerprint density at radius 1 is 1.33 bits per heavy atom. The number of benzene rings is 1. The van der Waals surface area contributed by atoms with Crippen LogP contribution in [0.5, 0.6) is 5.75 Å². The Balaban J connectivity index is 1.89. The molecule has 5 heteroatoms. The van der Waals surface area contributed by atoms with Crippen LogP contribution in [0.2, 0.25) is 0 Å². The van der Waals surface area contributed by atoms with Crippen molar-refractivity contribution in [3.63, 3.8) is 0 Å². The van der Waals surface area contributed by atoms with Crippen molar-refractivity contribution in [2.75, 3.05) is 24.6 Å². The van der Waals surface area contributed by atoms with Crippen LogP contribution in [0.3, 0.4) is 0 Å². The molecular weight excluding hydrogens is 302 g/mol. The van der Waals surface area contributed by atoms with Crippen molar-refractivity contribution >= 4 is 5.82 Å². The van der Waals surface area contributed by atoms with E-state index in [1.165, 1.54) is 0 Å². The number of aliphatic hydroxyl groups excluding tert-OH is 1. The summed E-state index contributed by atoms with van der Waals surface area (Å²) in [5.41, 5.74) is 2.08. The first-order valence-corrected chi connectivity index (χ1v) is 8.67. The van der Waals surface area contributed by atoms with Crippen molar-refractivity contribution in [2.45, 2.75) is 39.2 Å². The van der Waals surface area contributed by atoms with E-state index in [-0.39, 0.29) is 6.10 Å². The van der Waals surface area contributed by atoms with E-state index in [4.69, 9.17) is 9.72 Å². The number of aromatic nitrogens is 2. The summed E-state index contributed by atoms with van der Waals surface area (Å²) in [6.07, 6.45) is 4.43. The monoisotopic (exact) mass is 327 g/mol. The van der Waals surface area contributed by atoms with E-state index in [1.807, 2.05) is 18.2 Å². The number of aliphatic hydroxyl groups is 1. The smallest absolute Gasteiger partial charge is 0.165 e. The molecule has 0 saturated carbocycles. The Morgan fingerprint density at radius 3 is 2.96 bits per heavy atom. The fourth-order valence-electron chi connectivity index (χ4n) is 2.88. The van der Waals surface area contributed by atoms with E-state index in [0.717, 1.165) is 48.5 Å². The van der Waals surface area contributed by atoms with Gasteiger partial charge in [0, 0.05) is 19.3 Å². The Morgan fingerprint density at radius 2 is 2.21 bits per heavy atom. The maximum Gasteiger partial charge on any atom is 0.165 e. The van der Waals surface area contributed by atoms with E-state index >= 15 is 0 Å². The topological polar surface area (TPSA) is 58.5 Å². The first kappa shape index (κ1) is 16.7. The molecule has 0 radical (unpaired) electrons. The highest BCUT2D eigenvalue weighted by atomic mass is 16.5. The lowest BCUT2D eigenvalue weighted by Gasteiger charge is -2.17. The van der Waals surface area contributed by atoms with Gasteiger partial charge in [0.1, 0.15) is 11.6 Å². The van der Waals surface area contributed by atoms with Gasteiger partial charge in [-0.3, -0.25) is 0 Å². The number of unbranched alkanes of at least 4 members (excludes halogenated alkanes) is 1. The number of aryl methyl sites for hydroxylation is 1. The standard InChI is InChI=1S/C19H25N3O2/c1-3-4-11-24-17-6-5-14(2)12-16(17)19-20-9-7-18(21-19)22-10-8-15(23)13-22/h5-7,9,12,15,23H,3-4,8,10-11,13H2,1-2H3/t15-/m0/s1. The molecule has 1 aliphatic heterocycles. The Labute approximate surface area is 143 Å². The number of hydrogen-bond donors (Lipinski definition) is 1. The largest absolute Gasteiger partial charge is 0.493 e. The van der Waals surface area contributed by atoms with Crippen molar-refractivity contribution in [3.8, 4) is 17.1 Å². The normalized spacial score (nSPS) is 17.3. The molecule has 1 aromatic heterocycles. The molecule has 128 valence electrons. The fourth-order valence-corrected chi connectivity index (χ4v) is 2.88. The number of hydrogen-bond acceptors (Lipinski definition) is 5. The number of anilines is 1. The van der Waals surface area contributed by atoms with Gasteiger partial charge in [0.2, 0.25) is 0 Å². The van der Waals surface area contributed by atoms with Crippen LogP contribution < -0.4 is 9.64 Å². The summed E-state index contributed by atoms with van der Waals surface area (Å²) in [6, 6.07) is 8.01. The van der Waals surface area contributed by atoms with Crippen molar-refractivity contribution in [1.82, 2.24) is 9.97 Å². The molecule has 1 N–H and O–H groups in total. The third-order valence-corrected chi connectivity index (χ3v) is 4.26. The summed E-state index contributed by atoms with van der Waals surface area (Å²) in [6.45, 7) is 6.36. The van der Waals surface area contributed by atoms with Gasteiger partial charge in [-0.05, 0) is 38.0 Å². The highest BCUT2D eigenvalue weighted by Crippen LogP contribution is 2.30. The van der Waals surface area contributed by atoms with Crippen molar-refractivity contribution in [1.29, 1.82) is 0 Å². The molecule has 0 aliphatic carbocycles. The summed E-state index contributed by atoms with van der Waals surface area (Å²) in [5.74, 6) is 2.36. The highest BCUT2D eigenvalue weighted by molar-refractivity contribution is 5.66. The van der Waals surface area contributed by atoms with Crippen molar-refractivity contribution in [2.24, 2.45) is 0 Å². The average Bonchev–Trinajstić information content (AvgIpc) is 3.03.